The van der Waals surface area contributed by atoms with Crippen LogP contribution in [0.5, 0.6) is 0 Å². The molecule has 0 aliphatic rings. The van der Waals surface area contributed by atoms with Crippen LogP contribution in [0.1, 0.15) is 15.9 Å². The maximum atomic E-state index is 11.9. The summed E-state index contributed by atoms with van der Waals surface area (Å²) in [5.74, 6) is -1.34. The van der Waals surface area contributed by atoms with Gasteiger partial charge < -0.3 is 15.1 Å². The first kappa shape index (κ1) is 13.9. The van der Waals surface area contributed by atoms with Crippen molar-refractivity contribution in [1.82, 2.24) is 9.88 Å². The molecular weight excluding hydrogens is 236 g/mol. The summed E-state index contributed by atoms with van der Waals surface area (Å²) >= 11 is 0. The fourth-order valence-corrected chi connectivity index (χ4v) is 1.31. The van der Waals surface area contributed by atoms with Crippen LogP contribution in [0.4, 0.5) is 0 Å². The number of aliphatic hydroxyl groups is 1. The molecule has 2 N–H and O–H groups in total. The van der Waals surface area contributed by atoms with Gasteiger partial charge in [-0.3, -0.25) is 9.78 Å². The van der Waals surface area contributed by atoms with E-state index in [1.807, 2.05) is 0 Å². The Morgan fingerprint density at radius 3 is 2.78 bits per heavy atom. The molecule has 1 heterocycles. The minimum absolute atomic E-state index is 0.117. The first-order valence-corrected chi connectivity index (χ1v) is 5.27. The van der Waals surface area contributed by atoms with Crippen LogP contribution in [0.3, 0.4) is 0 Å². The van der Waals surface area contributed by atoms with Gasteiger partial charge in [0, 0.05) is 32.1 Å². The predicted molar refractivity (Wildman–Crippen MR) is 65.0 cm³/mol. The molecule has 0 saturated heterocycles. The third kappa shape index (κ3) is 3.99. The van der Waals surface area contributed by atoms with Crippen molar-refractivity contribution in [3.63, 3.8) is 0 Å². The fraction of sp³-hybridized carbons (Fsp3) is 0.250. The number of carboxylic acid groups (broad SMARTS) is 1. The largest absolute Gasteiger partial charge is 0.478 e. The van der Waals surface area contributed by atoms with Gasteiger partial charge in [-0.1, -0.05) is 0 Å². The highest BCUT2D eigenvalue weighted by Crippen LogP contribution is 2.07. The van der Waals surface area contributed by atoms with Gasteiger partial charge in [0.1, 0.15) is 0 Å². The molecule has 0 radical (unpaired) electrons. The second-order valence-electron chi connectivity index (χ2n) is 3.63. The first-order valence-electron chi connectivity index (χ1n) is 5.27. The zero-order chi connectivity index (χ0) is 13.5. The van der Waals surface area contributed by atoms with Crippen molar-refractivity contribution in [3.05, 3.63) is 35.7 Å². The molecule has 0 bridgehead atoms. The molecule has 6 heteroatoms. The molecule has 0 saturated carbocycles. The van der Waals surface area contributed by atoms with E-state index in [0.717, 1.165) is 6.08 Å². The number of aromatic nitrogens is 1. The second-order valence-corrected chi connectivity index (χ2v) is 3.63. The van der Waals surface area contributed by atoms with Crippen LogP contribution in [0.25, 0.3) is 6.08 Å². The van der Waals surface area contributed by atoms with E-state index in [-0.39, 0.29) is 19.1 Å². The SMILES string of the molecule is CN(CCO)C(=O)c1cncc(/C=C/C(=O)O)c1. The molecule has 6 nitrogen and oxygen atoms in total. The summed E-state index contributed by atoms with van der Waals surface area (Å²) in [6.07, 6.45) is 5.19. The number of carbonyl (C=O) groups excluding carboxylic acids is 1. The minimum Gasteiger partial charge on any atom is -0.478 e. The van der Waals surface area contributed by atoms with E-state index in [9.17, 15) is 9.59 Å². The number of rotatable bonds is 5. The van der Waals surface area contributed by atoms with Gasteiger partial charge in [0.2, 0.25) is 0 Å². The lowest BCUT2D eigenvalue weighted by Gasteiger charge is -2.15. The molecule has 0 aromatic carbocycles. The molecular formula is C12H14N2O4. The number of aliphatic hydroxyl groups excluding tert-OH is 1. The molecule has 0 aliphatic carbocycles. The number of carbonyl (C=O) groups is 2. The number of carboxylic acids is 1. The van der Waals surface area contributed by atoms with Gasteiger partial charge in [0.05, 0.1) is 12.2 Å². The second kappa shape index (κ2) is 6.51. The Morgan fingerprint density at radius 2 is 2.17 bits per heavy atom. The van der Waals surface area contributed by atoms with Gasteiger partial charge in [0.15, 0.2) is 0 Å². The number of hydrogen-bond donors (Lipinski definition) is 2. The number of amides is 1. The lowest BCUT2D eigenvalue weighted by molar-refractivity contribution is -0.131. The molecule has 1 rings (SSSR count). The topological polar surface area (TPSA) is 90.7 Å². The number of likely N-dealkylation sites (N-methyl/N-ethyl adjacent to an activating group) is 1. The van der Waals surface area contributed by atoms with Gasteiger partial charge in [-0.25, -0.2) is 4.79 Å². The van der Waals surface area contributed by atoms with Crippen LogP contribution in [0, 0.1) is 0 Å². The van der Waals surface area contributed by atoms with Crippen molar-refractivity contribution in [2.45, 2.75) is 0 Å². The molecule has 0 atom stereocenters. The van der Waals surface area contributed by atoms with E-state index < -0.39 is 5.97 Å². The van der Waals surface area contributed by atoms with Crippen LogP contribution < -0.4 is 0 Å². The summed E-state index contributed by atoms with van der Waals surface area (Å²) in [7, 11) is 1.57. The lowest BCUT2D eigenvalue weighted by Crippen LogP contribution is -2.29. The number of nitrogens with zero attached hydrogens (tertiary/aromatic N) is 2. The van der Waals surface area contributed by atoms with Gasteiger partial charge in [0.25, 0.3) is 5.91 Å². The third-order valence-electron chi connectivity index (χ3n) is 2.21. The molecule has 18 heavy (non-hydrogen) atoms. The minimum atomic E-state index is -1.07. The number of hydrogen-bond acceptors (Lipinski definition) is 4. The monoisotopic (exact) mass is 250 g/mol. The quantitative estimate of drug-likeness (QED) is 0.731. The van der Waals surface area contributed by atoms with Crippen LogP contribution in [0.2, 0.25) is 0 Å². The highest BCUT2D eigenvalue weighted by molar-refractivity contribution is 5.94. The van der Waals surface area contributed by atoms with Crippen LogP contribution >= 0.6 is 0 Å². The molecule has 0 aliphatic heterocycles. The van der Waals surface area contributed by atoms with Crippen molar-refractivity contribution in [2.75, 3.05) is 20.2 Å². The molecule has 96 valence electrons. The zero-order valence-corrected chi connectivity index (χ0v) is 9.91. The summed E-state index contributed by atoms with van der Waals surface area (Å²) in [5.41, 5.74) is 0.874. The lowest BCUT2D eigenvalue weighted by atomic mass is 10.2. The van der Waals surface area contributed by atoms with Crippen LogP contribution in [-0.4, -0.2) is 52.2 Å². The van der Waals surface area contributed by atoms with E-state index in [1.165, 1.54) is 23.4 Å². The van der Waals surface area contributed by atoms with Crippen molar-refractivity contribution in [3.8, 4) is 0 Å². The molecule has 1 amide bonds. The van der Waals surface area contributed by atoms with Crippen molar-refractivity contribution in [2.24, 2.45) is 0 Å². The molecule has 0 unspecified atom stereocenters. The van der Waals surface area contributed by atoms with E-state index >= 15 is 0 Å². The average molecular weight is 250 g/mol. The smallest absolute Gasteiger partial charge is 0.328 e. The van der Waals surface area contributed by atoms with Crippen molar-refractivity contribution >= 4 is 18.0 Å². The Bertz CT molecular complexity index is 471. The van der Waals surface area contributed by atoms with Gasteiger partial charge >= 0.3 is 5.97 Å². The van der Waals surface area contributed by atoms with Crippen molar-refractivity contribution < 1.29 is 19.8 Å². The maximum Gasteiger partial charge on any atom is 0.328 e. The Kier molecular flexibility index (Phi) is 5.01. The van der Waals surface area contributed by atoms with E-state index in [4.69, 9.17) is 10.2 Å². The highest BCUT2D eigenvalue weighted by atomic mass is 16.4. The molecule has 0 fully saturated rings. The third-order valence-corrected chi connectivity index (χ3v) is 2.21. The summed E-state index contributed by atoms with van der Waals surface area (Å²) in [6.45, 7) is 0.113. The van der Waals surface area contributed by atoms with Gasteiger partial charge in [-0.05, 0) is 17.7 Å². The molecule has 1 aromatic rings. The Labute approximate surface area is 104 Å². The average Bonchev–Trinajstić information content (AvgIpc) is 2.36. The summed E-state index contributed by atoms with van der Waals surface area (Å²) < 4.78 is 0. The van der Waals surface area contributed by atoms with Gasteiger partial charge in [-0.2, -0.15) is 0 Å². The predicted octanol–water partition coefficient (Wildman–Crippen LogP) is 0.244. The maximum absolute atomic E-state index is 11.9. The summed E-state index contributed by atoms with van der Waals surface area (Å²) in [5, 5.41) is 17.2. The highest BCUT2D eigenvalue weighted by Gasteiger charge is 2.11. The van der Waals surface area contributed by atoms with E-state index in [2.05, 4.69) is 4.98 Å². The fourth-order valence-electron chi connectivity index (χ4n) is 1.31. The number of aliphatic carboxylic acids is 1. The Morgan fingerprint density at radius 1 is 1.44 bits per heavy atom. The van der Waals surface area contributed by atoms with E-state index in [0.29, 0.717) is 11.1 Å². The molecule has 1 aromatic heterocycles. The normalized spacial score (nSPS) is 10.6. The molecule has 0 spiro atoms. The standard InChI is InChI=1S/C12H14N2O4/c1-14(4-5-15)12(18)10-6-9(7-13-8-10)2-3-11(16)17/h2-3,6-8,15H,4-5H2,1H3,(H,16,17)/b3-2+. The van der Waals surface area contributed by atoms with E-state index in [1.54, 1.807) is 13.1 Å². The first-order chi connectivity index (χ1) is 8.54. The van der Waals surface area contributed by atoms with Crippen LogP contribution in [0.15, 0.2) is 24.5 Å². The van der Waals surface area contributed by atoms with Gasteiger partial charge in [-0.15, -0.1) is 0 Å². The summed E-state index contributed by atoms with van der Waals surface area (Å²) in [4.78, 5) is 27.5. The van der Waals surface area contributed by atoms with Crippen molar-refractivity contribution in [1.29, 1.82) is 0 Å². The van der Waals surface area contributed by atoms with Crippen LogP contribution in [-0.2, 0) is 4.79 Å². The Balaban J connectivity index is 2.88. The number of pyridine rings is 1. The zero-order valence-electron chi connectivity index (χ0n) is 9.91. The Hall–Kier alpha value is -2.21. The summed E-state index contributed by atoms with van der Waals surface area (Å²) in [6, 6.07) is 1.54.